The Labute approximate surface area is 151 Å². The summed E-state index contributed by atoms with van der Waals surface area (Å²) in [6.45, 7) is 2.29. The van der Waals surface area contributed by atoms with Gasteiger partial charge in [-0.05, 0) is 23.3 Å². The molecule has 7 heteroatoms. The van der Waals surface area contributed by atoms with Crippen LogP contribution in [0.25, 0.3) is 0 Å². The molecule has 2 aromatic carbocycles. The molecular weight excluding hydrogens is 330 g/mol. The Morgan fingerprint density at radius 1 is 1.19 bits per heavy atom. The van der Waals surface area contributed by atoms with Gasteiger partial charge in [0.25, 0.3) is 11.8 Å². The van der Waals surface area contributed by atoms with Crippen LogP contribution in [-0.2, 0) is 6.61 Å². The van der Waals surface area contributed by atoms with Gasteiger partial charge >= 0.3 is 0 Å². The second-order valence-corrected chi connectivity index (χ2v) is 5.64. The Morgan fingerprint density at radius 3 is 2.62 bits per heavy atom. The van der Waals surface area contributed by atoms with Crippen molar-refractivity contribution in [3.8, 4) is 5.88 Å². The molecule has 1 N–H and O–H groups in total. The minimum atomic E-state index is -0.384. The molecule has 1 heterocycles. The zero-order chi connectivity index (χ0) is 18.4. The number of hydrogen-bond acceptors (Lipinski definition) is 5. The third-order valence-electron chi connectivity index (χ3n) is 3.67. The summed E-state index contributed by atoms with van der Waals surface area (Å²) in [5.74, 6) is -0.193. The number of amides is 1. The summed E-state index contributed by atoms with van der Waals surface area (Å²) in [6.07, 6.45) is 1.64. The van der Waals surface area contributed by atoms with Crippen molar-refractivity contribution in [2.75, 3.05) is 7.05 Å². The van der Waals surface area contributed by atoms with Crippen molar-refractivity contribution in [2.45, 2.75) is 13.5 Å². The lowest BCUT2D eigenvalue weighted by atomic mass is 10.2. The van der Waals surface area contributed by atoms with E-state index in [1.807, 2.05) is 61.5 Å². The van der Waals surface area contributed by atoms with Gasteiger partial charge in [0, 0.05) is 7.05 Å². The highest BCUT2D eigenvalue weighted by Crippen LogP contribution is 2.17. The monoisotopic (exact) mass is 349 g/mol. The van der Waals surface area contributed by atoms with Crippen LogP contribution < -0.4 is 10.1 Å². The summed E-state index contributed by atoms with van der Waals surface area (Å²) in [6, 6.07) is 17.5. The normalized spacial score (nSPS) is 10.8. The lowest BCUT2D eigenvalue weighted by Crippen LogP contribution is -2.19. The summed E-state index contributed by atoms with van der Waals surface area (Å²) in [5, 5.41) is 14.6. The number of rotatable bonds is 6. The lowest BCUT2D eigenvalue weighted by Gasteiger charge is -2.07. The van der Waals surface area contributed by atoms with Crippen LogP contribution in [0, 0.1) is 6.92 Å². The van der Waals surface area contributed by atoms with E-state index in [2.05, 4.69) is 20.7 Å². The van der Waals surface area contributed by atoms with Gasteiger partial charge in [-0.25, -0.2) is 0 Å². The van der Waals surface area contributed by atoms with Crippen LogP contribution in [0.15, 0.2) is 59.7 Å². The Morgan fingerprint density at radius 2 is 1.92 bits per heavy atom. The van der Waals surface area contributed by atoms with Crippen molar-refractivity contribution in [1.29, 1.82) is 0 Å². The van der Waals surface area contributed by atoms with E-state index < -0.39 is 0 Å². The maximum absolute atomic E-state index is 12.0. The van der Waals surface area contributed by atoms with Crippen molar-refractivity contribution >= 4 is 12.1 Å². The van der Waals surface area contributed by atoms with Crippen molar-refractivity contribution in [3.63, 3.8) is 0 Å². The van der Waals surface area contributed by atoms with Gasteiger partial charge < -0.3 is 10.1 Å². The van der Waals surface area contributed by atoms with Gasteiger partial charge in [0.1, 0.15) is 6.61 Å². The number of hydrogen-bond donors (Lipinski definition) is 1. The maximum Gasteiger partial charge on any atom is 0.277 e. The molecule has 3 rings (SSSR count). The van der Waals surface area contributed by atoms with Crippen molar-refractivity contribution in [2.24, 2.45) is 5.10 Å². The summed E-state index contributed by atoms with van der Waals surface area (Å²) in [7, 11) is 1.53. The predicted octanol–water partition coefficient (Wildman–Crippen LogP) is 2.41. The molecular formula is C19H19N5O2. The Balaban J connectivity index is 1.85. The molecule has 0 unspecified atom stereocenters. The molecule has 0 bridgehead atoms. The molecule has 0 aliphatic rings. The number of aromatic nitrogens is 3. The van der Waals surface area contributed by atoms with Crippen LogP contribution in [0.4, 0.5) is 0 Å². The Kier molecular flexibility index (Phi) is 5.38. The largest absolute Gasteiger partial charge is 0.470 e. The number of nitrogens with one attached hydrogen (secondary N) is 1. The number of nitrogens with zero attached hydrogens (tertiary/aromatic N) is 4. The fourth-order valence-electron chi connectivity index (χ4n) is 2.23. The first-order valence-electron chi connectivity index (χ1n) is 8.13. The van der Waals surface area contributed by atoms with Crippen LogP contribution in [0.3, 0.4) is 0 Å². The van der Waals surface area contributed by atoms with E-state index in [9.17, 15) is 4.79 Å². The molecule has 7 nitrogen and oxygen atoms in total. The fraction of sp³-hybridized carbons (Fsp3) is 0.158. The molecule has 0 radical (unpaired) electrons. The van der Waals surface area contributed by atoms with Gasteiger partial charge in [0.2, 0.25) is 5.69 Å². The lowest BCUT2D eigenvalue weighted by molar-refractivity contribution is 0.0953. The van der Waals surface area contributed by atoms with E-state index in [0.29, 0.717) is 0 Å². The summed E-state index contributed by atoms with van der Waals surface area (Å²) in [5.41, 5.74) is 3.12. The predicted molar refractivity (Wildman–Crippen MR) is 98.4 cm³/mol. The summed E-state index contributed by atoms with van der Waals surface area (Å²) >= 11 is 0. The molecule has 132 valence electrons. The zero-order valence-electron chi connectivity index (χ0n) is 14.6. The summed E-state index contributed by atoms with van der Waals surface area (Å²) < 4.78 is 5.79. The molecule has 26 heavy (non-hydrogen) atoms. The number of aryl methyl sites for hydroxylation is 1. The highest BCUT2D eigenvalue weighted by Gasteiger charge is 2.20. The Bertz CT molecular complexity index is 901. The van der Waals surface area contributed by atoms with E-state index in [-0.39, 0.29) is 24.1 Å². The number of carbonyl (C=O) groups is 1. The average Bonchev–Trinajstić information content (AvgIpc) is 3.09. The SMILES string of the molecule is CNC(=O)c1nnn(/N=C\c2ccc(C)cc2)c1OCc1ccccc1. The first kappa shape index (κ1) is 17.3. The van der Waals surface area contributed by atoms with Crippen LogP contribution in [0.5, 0.6) is 5.88 Å². The second kappa shape index (κ2) is 8.06. The third-order valence-corrected chi connectivity index (χ3v) is 3.67. The van der Waals surface area contributed by atoms with Crippen LogP contribution >= 0.6 is 0 Å². The quantitative estimate of drug-likeness (QED) is 0.693. The zero-order valence-corrected chi connectivity index (χ0v) is 14.6. The second-order valence-electron chi connectivity index (χ2n) is 5.64. The third kappa shape index (κ3) is 4.13. The number of carbonyl (C=O) groups excluding carboxylic acids is 1. The molecule has 0 aliphatic heterocycles. The van der Waals surface area contributed by atoms with Crippen molar-refractivity contribution < 1.29 is 9.53 Å². The maximum atomic E-state index is 12.0. The van der Waals surface area contributed by atoms with Gasteiger partial charge in [-0.1, -0.05) is 65.0 Å². The first-order valence-corrected chi connectivity index (χ1v) is 8.13. The van der Waals surface area contributed by atoms with E-state index in [0.717, 1.165) is 16.7 Å². The molecule has 0 saturated heterocycles. The van der Waals surface area contributed by atoms with Crippen molar-refractivity contribution in [3.05, 3.63) is 77.0 Å². The van der Waals surface area contributed by atoms with E-state index in [4.69, 9.17) is 4.74 Å². The molecule has 0 spiro atoms. The molecule has 0 atom stereocenters. The minimum absolute atomic E-state index is 0.0875. The smallest absolute Gasteiger partial charge is 0.277 e. The molecule has 3 aromatic rings. The first-order chi connectivity index (χ1) is 12.7. The van der Waals surface area contributed by atoms with Crippen LogP contribution in [0.1, 0.15) is 27.2 Å². The molecule has 0 saturated carbocycles. The van der Waals surface area contributed by atoms with Crippen molar-refractivity contribution in [1.82, 2.24) is 20.4 Å². The Hall–Kier alpha value is -3.48. The van der Waals surface area contributed by atoms with Gasteiger partial charge in [0.05, 0.1) is 6.21 Å². The van der Waals surface area contributed by atoms with Gasteiger partial charge in [-0.15, -0.1) is 5.10 Å². The minimum Gasteiger partial charge on any atom is -0.470 e. The fourth-order valence-corrected chi connectivity index (χ4v) is 2.23. The average molecular weight is 349 g/mol. The van der Waals surface area contributed by atoms with Gasteiger partial charge in [-0.3, -0.25) is 4.79 Å². The van der Waals surface area contributed by atoms with Gasteiger partial charge in [-0.2, -0.15) is 5.10 Å². The molecule has 1 aromatic heterocycles. The van der Waals surface area contributed by atoms with E-state index in [1.165, 1.54) is 11.8 Å². The number of benzene rings is 2. The highest BCUT2D eigenvalue weighted by molar-refractivity contribution is 5.94. The standard InChI is InChI=1S/C19H19N5O2/c1-14-8-10-15(11-9-14)12-21-24-19(17(22-23-24)18(25)20-2)26-13-16-6-4-3-5-7-16/h3-12H,13H2,1-2H3,(H,20,25)/b21-12-. The molecule has 0 fully saturated rings. The van der Waals surface area contributed by atoms with Crippen LogP contribution in [-0.4, -0.2) is 34.3 Å². The van der Waals surface area contributed by atoms with Crippen LogP contribution in [0.2, 0.25) is 0 Å². The summed E-state index contributed by atoms with van der Waals surface area (Å²) in [4.78, 5) is 13.2. The van der Waals surface area contributed by atoms with E-state index in [1.54, 1.807) is 6.21 Å². The number of ether oxygens (including phenoxy) is 1. The molecule has 0 aliphatic carbocycles. The van der Waals surface area contributed by atoms with E-state index >= 15 is 0 Å². The molecule has 1 amide bonds. The van der Waals surface area contributed by atoms with Gasteiger partial charge in [0.15, 0.2) is 0 Å². The topological polar surface area (TPSA) is 81.4 Å². The highest BCUT2D eigenvalue weighted by atomic mass is 16.5.